The number of rotatable bonds is 5. The predicted molar refractivity (Wildman–Crippen MR) is 77.2 cm³/mol. The zero-order chi connectivity index (χ0) is 14.5. The van der Waals surface area contributed by atoms with E-state index < -0.39 is 12.0 Å². The summed E-state index contributed by atoms with van der Waals surface area (Å²) in [4.78, 5) is 15.9. The van der Waals surface area contributed by atoms with Crippen LogP contribution < -0.4 is 4.74 Å². The van der Waals surface area contributed by atoms with E-state index in [0.717, 1.165) is 37.5 Å². The second-order valence-corrected chi connectivity index (χ2v) is 5.21. The summed E-state index contributed by atoms with van der Waals surface area (Å²) in [5.74, 6) is -0.00617. The minimum absolute atomic E-state index is 0.475. The van der Waals surface area contributed by atoms with Gasteiger partial charge in [-0.05, 0) is 18.7 Å². The zero-order valence-electron chi connectivity index (χ0n) is 12.1. The molecule has 1 aliphatic rings. The zero-order valence-corrected chi connectivity index (χ0v) is 12.1. The molecule has 1 aliphatic heterocycles. The Morgan fingerprint density at radius 1 is 1.30 bits per heavy atom. The van der Waals surface area contributed by atoms with E-state index in [9.17, 15) is 9.90 Å². The van der Waals surface area contributed by atoms with Crippen LogP contribution in [-0.4, -0.2) is 67.3 Å². The number of carboxylic acid groups (broad SMARTS) is 1. The van der Waals surface area contributed by atoms with Crippen LogP contribution in [0.1, 0.15) is 5.56 Å². The van der Waals surface area contributed by atoms with Gasteiger partial charge in [-0.25, -0.2) is 0 Å². The van der Waals surface area contributed by atoms with Crippen molar-refractivity contribution in [1.29, 1.82) is 0 Å². The molecule has 110 valence electrons. The van der Waals surface area contributed by atoms with Crippen molar-refractivity contribution in [1.82, 2.24) is 9.80 Å². The first-order valence-corrected chi connectivity index (χ1v) is 6.89. The van der Waals surface area contributed by atoms with Gasteiger partial charge in [0.15, 0.2) is 0 Å². The van der Waals surface area contributed by atoms with Gasteiger partial charge in [-0.3, -0.25) is 9.69 Å². The number of hydrogen-bond donors (Lipinski definition) is 1. The smallest absolute Gasteiger partial charge is 0.321 e. The van der Waals surface area contributed by atoms with Crippen LogP contribution in [0.25, 0.3) is 0 Å². The highest BCUT2D eigenvalue weighted by Crippen LogP contribution is 2.21. The second-order valence-electron chi connectivity index (χ2n) is 5.21. The largest absolute Gasteiger partial charge is 0.496 e. The molecule has 1 unspecified atom stereocenters. The molecule has 1 aromatic carbocycles. The van der Waals surface area contributed by atoms with Gasteiger partial charge in [-0.1, -0.05) is 18.2 Å². The predicted octanol–water partition coefficient (Wildman–Crippen LogP) is 0.938. The third-order valence-electron chi connectivity index (χ3n) is 3.87. The number of ether oxygens (including phenoxy) is 1. The number of methoxy groups -OCH3 is 1. The number of benzene rings is 1. The highest BCUT2D eigenvalue weighted by molar-refractivity contribution is 5.74. The number of hydrogen-bond acceptors (Lipinski definition) is 4. The minimum Gasteiger partial charge on any atom is -0.496 e. The van der Waals surface area contributed by atoms with E-state index in [1.165, 1.54) is 0 Å². The van der Waals surface area contributed by atoms with Gasteiger partial charge in [0.25, 0.3) is 0 Å². The van der Waals surface area contributed by atoms with E-state index in [-0.39, 0.29) is 0 Å². The first-order chi connectivity index (χ1) is 9.61. The Morgan fingerprint density at radius 3 is 2.55 bits per heavy atom. The van der Waals surface area contributed by atoms with Crippen molar-refractivity contribution in [2.24, 2.45) is 0 Å². The molecule has 5 heteroatoms. The van der Waals surface area contributed by atoms with Gasteiger partial charge < -0.3 is 14.7 Å². The van der Waals surface area contributed by atoms with Crippen LogP contribution in [0.5, 0.6) is 5.75 Å². The molecule has 20 heavy (non-hydrogen) atoms. The topological polar surface area (TPSA) is 53.0 Å². The number of aliphatic carboxylic acids is 1. The lowest BCUT2D eigenvalue weighted by molar-refractivity contribution is -0.144. The first kappa shape index (κ1) is 14.8. The van der Waals surface area contributed by atoms with Gasteiger partial charge in [0.1, 0.15) is 11.8 Å². The summed E-state index contributed by atoms with van der Waals surface area (Å²) >= 11 is 0. The number of carbonyl (C=O) groups is 1. The number of para-hydroxylation sites is 1. The maximum Gasteiger partial charge on any atom is 0.321 e. The number of carboxylic acids is 1. The van der Waals surface area contributed by atoms with Crippen LogP contribution >= 0.6 is 0 Å². The van der Waals surface area contributed by atoms with Crippen molar-refractivity contribution in [2.75, 3.05) is 40.3 Å². The lowest BCUT2D eigenvalue weighted by atomic mass is 10.0. The summed E-state index contributed by atoms with van der Waals surface area (Å²) in [5.41, 5.74) is 0.946. The molecule has 0 bridgehead atoms. The van der Waals surface area contributed by atoms with Gasteiger partial charge >= 0.3 is 5.97 Å². The van der Waals surface area contributed by atoms with Gasteiger partial charge in [0.05, 0.1) is 7.11 Å². The van der Waals surface area contributed by atoms with Crippen molar-refractivity contribution in [3.05, 3.63) is 29.8 Å². The second kappa shape index (κ2) is 6.72. The van der Waals surface area contributed by atoms with Gasteiger partial charge in [0.2, 0.25) is 0 Å². The van der Waals surface area contributed by atoms with Crippen LogP contribution in [0, 0.1) is 0 Å². The van der Waals surface area contributed by atoms with E-state index in [1.54, 1.807) is 7.11 Å². The molecular weight excluding hydrogens is 256 g/mol. The van der Waals surface area contributed by atoms with Crippen molar-refractivity contribution >= 4 is 5.97 Å². The fraction of sp³-hybridized carbons (Fsp3) is 0.533. The molecule has 0 aromatic heterocycles. The summed E-state index contributed by atoms with van der Waals surface area (Å²) in [7, 11) is 3.68. The maximum atomic E-state index is 11.6. The fourth-order valence-corrected chi connectivity index (χ4v) is 2.59. The lowest BCUT2D eigenvalue weighted by Gasteiger charge is -2.36. The van der Waals surface area contributed by atoms with E-state index in [1.807, 2.05) is 24.3 Å². The molecule has 5 nitrogen and oxygen atoms in total. The first-order valence-electron chi connectivity index (χ1n) is 6.89. The molecule has 0 saturated carbocycles. The molecule has 0 aliphatic carbocycles. The van der Waals surface area contributed by atoms with Crippen LogP contribution in [0.4, 0.5) is 0 Å². The molecule has 1 heterocycles. The number of likely N-dealkylation sites (N-methyl/N-ethyl adjacent to an activating group) is 1. The average molecular weight is 278 g/mol. The molecule has 1 atom stereocenters. The molecule has 0 amide bonds. The third-order valence-corrected chi connectivity index (χ3v) is 3.87. The SMILES string of the molecule is COc1ccccc1CC(C(=O)O)N1CCN(C)CC1. The van der Waals surface area contributed by atoms with E-state index >= 15 is 0 Å². The summed E-state index contributed by atoms with van der Waals surface area (Å²) < 4.78 is 5.31. The highest BCUT2D eigenvalue weighted by atomic mass is 16.5. The van der Waals surface area contributed by atoms with E-state index in [4.69, 9.17) is 4.74 Å². The molecule has 2 rings (SSSR count). The maximum absolute atomic E-state index is 11.6. The third kappa shape index (κ3) is 3.49. The summed E-state index contributed by atoms with van der Waals surface area (Å²) in [6.07, 6.45) is 0.475. The minimum atomic E-state index is -0.763. The van der Waals surface area contributed by atoms with Gasteiger partial charge in [-0.2, -0.15) is 0 Å². The van der Waals surface area contributed by atoms with Gasteiger partial charge in [-0.15, -0.1) is 0 Å². The standard InChI is InChI=1S/C15H22N2O3/c1-16-7-9-17(10-8-16)13(15(18)19)11-12-5-3-4-6-14(12)20-2/h3-6,13H,7-11H2,1-2H3,(H,18,19). The van der Waals surface area contributed by atoms with Crippen molar-refractivity contribution in [3.63, 3.8) is 0 Å². The Morgan fingerprint density at radius 2 is 1.95 bits per heavy atom. The average Bonchev–Trinajstić information content (AvgIpc) is 2.46. The lowest BCUT2D eigenvalue weighted by Crippen LogP contribution is -2.52. The van der Waals surface area contributed by atoms with Crippen LogP contribution in [0.15, 0.2) is 24.3 Å². The van der Waals surface area contributed by atoms with E-state index in [2.05, 4.69) is 16.8 Å². The normalized spacial score (nSPS) is 18.7. The molecule has 0 spiro atoms. The molecule has 1 N–H and O–H groups in total. The van der Waals surface area contributed by atoms with Crippen LogP contribution in [0.2, 0.25) is 0 Å². The monoisotopic (exact) mass is 278 g/mol. The van der Waals surface area contributed by atoms with E-state index in [0.29, 0.717) is 6.42 Å². The molecule has 1 fully saturated rings. The summed E-state index contributed by atoms with van der Waals surface area (Å²) in [6, 6.07) is 7.14. The highest BCUT2D eigenvalue weighted by Gasteiger charge is 2.28. The Labute approximate surface area is 119 Å². The Balaban J connectivity index is 2.11. The van der Waals surface area contributed by atoms with Crippen LogP contribution in [-0.2, 0) is 11.2 Å². The van der Waals surface area contributed by atoms with Crippen molar-refractivity contribution in [3.8, 4) is 5.75 Å². The van der Waals surface area contributed by atoms with Gasteiger partial charge in [0, 0.05) is 32.6 Å². The van der Waals surface area contributed by atoms with Crippen LogP contribution in [0.3, 0.4) is 0 Å². The molecule has 0 radical (unpaired) electrons. The Hall–Kier alpha value is -1.59. The number of nitrogens with zero attached hydrogens (tertiary/aromatic N) is 2. The summed E-state index contributed by atoms with van der Waals surface area (Å²) in [6.45, 7) is 3.41. The quantitative estimate of drug-likeness (QED) is 0.868. The van der Waals surface area contributed by atoms with Crippen molar-refractivity contribution in [2.45, 2.75) is 12.5 Å². The molecule has 1 saturated heterocycles. The van der Waals surface area contributed by atoms with Crippen molar-refractivity contribution < 1.29 is 14.6 Å². The molecule has 1 aromatic rings. The Kier molecular flexibility index (Phi) is 4.98. The fourth-order valence-electron chi connectivity index (χ4n) is 2.59. The summed E-state index contributed by atoms with van der Waals surface area (Å²) in [5, 5.41) is 9.52. The Bertz CT molecular complexity index is 456. The molecular formula is C15H22N2O3. The number of piperazine rings is 1.